The zero-order valence-electron chi connectivity index (χ0n) is 10.2. The van der Waals surface area contributed by atoms with Crippen LogP contribution in [0.15, 0.2) is 11.6 Å². The van der Waals surface area contributed by atoms with E-state index in [2.05, 4.69) is 10.1 Å². The highest BCUT2D eigenvalue weighted by Crippen LogP contribution is 2.08. The van der Waals surface area contributed by atoms with E-state index < -0.39 is 0 Å². The van der Waals surface area contributed by atoms with Crippen molar-refractivity contribution in [1.82, 2.24) is 5.32 Å². The lowest BCUT2D eigenvalue weighted by Crippen LogP contribution is -2.22. The molecule has 1 fully saturated rings. The van der Waals surface area contributed by atoms with Gasteiger partial charge < -0.3 is 10.1 Å². The minimum absolute atomic E-state index is 0.373. The first kappa shape index (κ1) is 14.7. The minimum Gasteiger partial charge on any atom is -0.452 e. The van der Waals surface area contributed by atoms with Crippen LogP contribution in [0.3, 0.4) is 0 Å². The summed E-state index contributed by atoms with van der Waals surface area (Å²) >= 11 is 0. The average Bonchev–Trinajstić information content (AvgIpc) is 2.19. The molecule has 4 heteroatoms. The molecule has 0 unspecified atom stereocenters. The van der Waals surface area contributed by atoms with Crippen molar-refractivity contribution in [2.45, 2.75) is 39.2 Å². The number of nitriles is 1. The van der Waals surface area contributed by atoms with Crippen LogP contribution in [-0.4, -0.2) is 25.2 Å². The molecule has 1 aliphatic rings. The van der Waals surface area contributed by atoms with Crippen molar-refractivity contribution >= 4 is 6.47 Å². The van der Waals surface area contributed by atoms with Crippen molar-refractivity contribution in [2.24, 2.45) is 0 Å². The minimum atomic E-state index is -0.373. The van der Waals surface area contributed by atoms with Gasteiger partial charge in [0.05, 0.1) is 6.07 Å². The Bertz CT molecular complexity index is 264. The molecule has 0 aromatic heterocycles. The van der Waals surface area contributed by atoms with Crippen molar-refractivity contribution in [3.8, 4) is 6.07 Å². The first-order valence-electron chi connectivity index (χ1n) is 5.33. The van der Waals surface area contributed by atoms with Crippen LogP contribution in [0.1, 0.15) is 33.6 Å². The fourth-order valence-electron chi connectivity index (χ4n) is 1.11. The number of nitrogens with zero attached hydrogens (tertiary/aromatic N) is 1. The third-order valence-electron chi connectivity index (χ3n) is 1.86. The molecular formula is C12H19N2O2. The fraction of sp³-hybridized carbons (Fsp3) is 0.667. The molecule has 4 nitrogen and oxygen atoms in total. The molecule has 0 atom stereocenters. The molecular weight excluding hydrogens is 204 g/mol. The normalized spacial score (nSPS) is 15.2. The van der Waals surface area contributed by atoms with Crippen LogP contribution in [0.4, 0.5) is 0 Å². The molecule has 89 valence electrons. The Labute approximate surface area is 97.3 Å². The standard InChI is InChI=1S/C7H10N2.C5H9O2/c8-4-1-7-2-5-9-6-3-7;1-5(2,3)7-4-6/h1,9H,2-3,5-6H2;1-3H3. The van der Waals surface area contributed by atoms with Gasteiger partial charge in [-0.3, -0.25) is 0 Å². The van der Waals surface area contributed by atoms with Gasteiger partial charge in [-0.25, -0.2) is 4.79 Å². The van der Waals surface area contributed by atoms with E-state index in [4.69, 9.17) is 5.26 Å². The lowest BCUT2D eigenvalue weighted by Gasteiger charge is -2.13. The molecule has 0 spiro atoms. The summed E-state index contributed by atoms with van der Waals surface area (Å²) in [4.78, 5) is 9.47. The largest absolute Gasteiger partial charge is 0.452 e. The van der Waals surface area contributed by atoms with Gasteiger partial charge in [0, 0.05) is 6.08 Å². The summed E-state index contributed by atoms with van der Waals surface area (Å²) in [5.74, 6) is 0. The lowest BCUT2D eigenvalue weighted by molar-refractivity contribution is 0.109. The van der Waals surface area contributed by atoms with Gasteiger partial charge in [0.2, 0.25) is 0 Å². The molecule has 1 aliphatic heterocycles. The molecule has 1 heterocycles. The third kappa shape index (κ3) is 9.22. The van der Waals surface area contributed by atoms with E-state index >= 15 is 0 Å². The molecule has 1 radical (unpaired) electrons. The van der Waals surface area contributed by atoms with Crippen LogP contribution >= 0.6 is 0 Å². The van der Waals surface area contributed by atoms with Crippen LogP contribution in [0, 0.1) is 11.3 Å². The molecule has 0 amide bonds. The number of carbonyl (C=O) groups excluding carboxylic acids is 1. The lowest BCUT2D eigenvalue weighted by atomic mass is 10.1. The van der Waals surface area contributed by atoms with Gasteiger partial charge in [0.25, 0.3) is 0 Å². The molecule has 0 aromatic carbocycles. The van der Waals surface area contributed by atoms with Gasteiger partial charge >= 0.3 is 6.47 Å². The van der Waals surface area contributed by atoms with Crippen molar-refractivity contribution in [2.75, 3.05) is 13.1 Å². The Balaban J connectivity index is 0.000000293. The fourth-order valence-corrected chi connectivity index (χ4v) is 1.11. The maximum Gasteiger partial charge on any atom is 0.418 e. The topological polar surface area (TPSA) is 62.1 Å². The first-order valence-corrected chi connectivity index (χ1v) is 5.33. The molecule has 1 rings (SSSR count). The highest BCUT2D eigenvalue weighted by molar-refractivity contribution is 5.39. The van der Waals surface area contributed by atoms with Crippen molar-refractivity contribution < 1.29 is 9.53 Å². The van der Waals surface area contributed by atoms with E-state index in [0.29, 0.717) is 0 Å². The number of rotatable bonds is 1. The highest BCUT2D eigenvalue weighted by atomic mass is 16.5. The van der Waals surface area contributed by atoms with Gasteiger partial charge in [-0.05, 0) is 46.7 Å². The van der Waals surface area contributed by atoms with Crippen molar-refractivity contribution in [3.63, 3.8) is 0 Å². The Morgan fingerprint density at radius 1 is 1.38 bits per heavy atom. The number of hydrogen-bond acceptors (Lipinski definition) is 4. The van der Waals surface area contributed by atoms with Gasteiger partial charge in [0.1, 0.15) is 5.60 Å². The van der Waals surface area contributed by atoms with E-state index in [-0.39, 0.29) is 5.60 Å². The van der Waals surface area contributed by atoms with Gasteiger partial charge in [-0.1, -0.05) is 5.57 Å². The average molecular weight is 223 g/mol. The summed E-state index contributed by atoms with van der Waals surface area (Å²) in [7, 11) is 0. The maximum absolute atomic E-state index is 9.47. The molecule has 0 saturated carbocycles. The monoisotopic (exact) mass is 223 g/mol. The van der Waals surface area contributed by atoms with Crippen LogP contribution < -0.4 is 5.32 Å². The van der Waals surface area contributed by atoms with E-state index in [0.717, 1.165) is 25.9 Å². The predicted molar refractivity (Wildman–Crippen MR) is 62.3 cm³/mol. The molecule has 0 bridgehead atoms. The second kappa shape index (κ2) is 7.89. The second-order valence-corrected chi connectivity index (χ2v) is 4.48. The van der Waals surface area contributed by atoms with Crippen molar-refractivity contribution in [3.05, 3.63) is 11.6 Å². The van der Waals surface area contributed by atoms with Gasteiger partial charge in [-0.15, -0.1) is 0 Å². The SMILES string of the molecule is CC(C)(C)O[C]=O.N#CC=C1CCNCC1. The summed E-state index contributed by atoms with van der Waals surface area (Å²) in [5.41, 5.74) is 0.915. The summed E-state index contributed by atoms with van der Waals surface area (Å²) < 4.78 is 4.42. The Morgan fingerprint density at radius 2 is 1.94 bits per heavy atom. The van der Waals surface area contributed by atoms with E-state index in [9.17, 15) is 4.79 Å². The summed E-state index contributed by atoms with van der Waals surface area (Å²) in [5, 5.41) is 11.5. The Hall–Kier alpha value is -1.34. The quantitative estimate of drug-likeness (QED) is 0.687. The van der Waals surface area contributed by atoms with Crippen molar-refractivity contribution in [1.29, 1.82) is 5.26 Å². The third-order valence-corrected chi connectivity index (χ3v) is 1.86. The van der Waals surface area contributed by atoms with Crippen LogP contribution in [0.2, 0.25) is 0 Å². The molecule has 0 aliphatic carbocycles. The number of allylic oxidation sites excluding steroid dienone is 1. The number of piperidine rings is 1. The maximum atomic E-state index is 9.47. The summed E-state index contributed by atoms with van der Waals surface area (Å²) in [6.45, 7) is 8.80. The van der Waals surface area contributed by atoms with Crippen LogP contribution in [0.25, 0.3) is 0 Å². The van der Waals surface area contributed by atoms with Crippen LogP contribution in [0.5, 0.6) is 0 Å². The molecule has 0 aromatic rings. The second-order valence-electron chi connectivity index (χ2n) is 4.48. The first-order chi connectivity index (χ1) is 7.49. The summed E-state index contributed by atoms with van der Waals surface area (Å²) in [6, 6.07) is 2.05. The van der Waals surface area contributed by atoms with E-state index in [1.165, 1.54) is 12.0 Å². The predicted octanol–water partition coefficient (Wildman–Crippen LogP) is 1.69. The zero-order valence-corrected chi connectivity index (χ0v) is 10.2. The molecule has 1 saturated heterocycles. The number of hydrogen-bond donors (Lipinski definition) is 1. The molecule has 16 heavy (non-hydrogen) atoms. The van der Waals surface area contributed by atoms with E-state index in [1.807, 2.05) is 6.07 Å². The Kier molecular flexibility index (Phi) is 7.23. The van der Waals surface area contributed by atoms with Crippen LogP contribution in [-0.2, 0) is 9.53 Å². The Morgan fingerprint density at radius 3 is 2.25 bits per heavy atom. The van der Waals surface area contributed by atoms with Gasteiger partial charge in [-0.2, -0.15) is 5.26 Å². The number of ether oxygens (including phenoxy) is 1. The van der Waals surface area contributed by atoms with E-state index in [1.54, 1.807) is 26.8 Å². The van der Waals surface area contributed by atoms with Gasteiger partial charge in [0.15, 0.2) is 0 Å². The number of nitrogens with one attached hydrogen (secondary N) is 1. The molecule has 1 N–H and O–H groups in total. The zero-order chi connectivity index (χ0) is 12.4. The highest BCUT2D eigenvalue weighted by Gasteiger charge is 2.08. The smallest absolute Gasteiger partial charge is 0.418 e. The summed E-state index contributed by atoms with van der Waals surface area (Å²) in [6.07, 6.45) is 3.77.